The Morgan fingerprint density at radius 1 is 1.16 bits per heavy atom. The van der Waals surface area contributed by atoms with Crippen molar-refractivity contribution in [2.24, 2.45) is 5.92 Å². The lowest BCUT2D eigenvalue weighted by molar-refractivity contribution is 0.0979. The van der Waals surface area contributed by atoms with Crippen molar-refractivity contribution in [3.8, 4) is 0 Å². The predicted molar refractivity (Wildman–Crippen MR) is 85.1 cm³/mol. The summed E-state index contributed by atoms with van der Waals surface area (Å²) in [5.74, 6) is 2.20. The van der Waals surface area contributed by atoms with Gasteiger partial charge in [-0.2, -0.15) is 0 Å². The molecule has 1 aromatic rings. The van der Waals surface area contributed by atoms with Gasteiger partial charge in [0.05, 0.1) is 0 Å². The molecule has 0 N–H and O–H groups in total. The summed E-state index contributed by atoms with van der Waals surface area (Å²) >= 11 is 1.88. The topological polar surface area (TPSA) is 17.1 Å². The van der Waals surface area contributed by atoms with Crippen LogP contribution in [0.4, 0.5) is 0 Å². The quantitative estimate of drug-likeness (QED) is 0.333. The van der Waals surface area contributed by atoms with E-state index in [9.17, 15) is 4.79 Å². The number of unbranched alkanes of at least 4 members (excludes halogenated alkanes) is 2. The number of rotatable bonds is 9. The third-order valence-corrected chi connectivity index (χ3v) is 4.19. The van der Waals surface area contributed by atoms with E-state index in [1.165, 1.54) is 17.7 Å². The second-order valence-corrected chi connectivity index (χ2v) is 6.60. The van der Waals surface area contributed by atoms with Crippen molar-refractivity contribution in [1.82, 2.24) is 0 Å². The van der Waals surface area contributed by atoms with Gasteiger partial charge in [0.25, 0.3) is 0 Å². The van der Waals surface area contributed by atoms with Crippen LogP contribution in [0.3, 0.4) is 0 Å². The van der Waals surface area contributed by atoms with Crippen LogP contribution in [0.2, 0.25) is 0 Å². The number of hydrogen-bond acceptors (Lipinski definition) is 2. The Labute approximate surface area is 122 Å². The standard InChI is InChI=1S/C17H26OS/c1-4-5-6-7-17(18)15-8-10-16(11-9-15)19-13-12-14(2)3/h8-11,14H,4-7,12-13H2,1-3H3. The highest BCUT2D eigenvalue weighted by atomic mass is 32.2. The first-order valence-corrected chi connectivity index (χ1v) is 8.38. The molecule has 0 bridgehead atoms. The second kappa shape index (κ2) is 9.19. The molecule has 1 nitrogen and oxygen atoms in total. The van der Waals surface area contributed by atoms with E-state index in [-0.39, 0.29) is 5.78 Å². The molecular formula is C17H26OS. The zero-order valence-corrected chi connectivity index (χ0v) is 13.3. The molecule has 106 valence electrons. The summed E-state index contributed by atoms with van der Waals surface area (Å²) in [6, 6.07) is 8.12. The van der Waals surface area contributed by atoms with Gasteiger partial charge in [-0.3, -0.25) is 4.79 Å². The lowest BCUT2D eigenvalue weighted by atomic mass is 10.1. The number of hydrogen-bond donors (Lipinski definition) is 0. The minimum absolute atomic E-state index is 0.284. The molecule has 0 saturated carbocycles. The van der Waals surface area contributed by atoms with Gasteiger partial charge in [0.15, 0.2) is 5.78 Å². The molecule has 1 aromatic carbocycles. The van der Waals surface area contributed by atoms with Crippen LogP contribution in [0.1, 0.15) is 63.2 Å². The van der Waals surface area contributed by atoms with Crippen molar-refractivity contribution in [3.63, 3.8) is 0 Å². The van der Waals surface area contributed by atoms with Crippen molar-refractivity contribution >= 4 is 17.5 Å². The highest BCUT2D eigenvalue weighted by Crippen LogP contribution is 2.21. The maximum Gasteiger partial charge on any atom is 0.162 e. The lowest BCUT2D eigenvalue weighted by Gasteiger charge is -2.05. The first-order valence-electron chi connectivity index (χ1n) is 7.39. The molecule has 0 aliphatic carbocycles. The van der Waals surface area contributed by atoms with Gasteiger partial charge in [-0.05, 0) is 36.6 Å². The highest BCUT2D eigenvalue weighted by Gasteiger charge is 2.05. The maximum atomic E-state index is 11.9. The second-order valence-electron chi connectivity index (χ2n) is 5.44. The van der Waals surface area contributed by atoms with E-state index in [1.54, 1.807) is 0 Å². The van der Waals surface area contributed by atoms with Gasteiger partial charge in [-0.1, -0.05) is 45.7 Å². The van der Waals surface area contributed by atoms with Gasteiger partial charge in [0.2, 0.25) is 0 Å². The molecule has 0 spiro atoms. The first-order chi connectivity index (χ1) is 9.13. The summed E-state index contributed by atoms with van der Waals surface area (Å²) in [6.07, 6.45) is 5.25. The summed E-state index contributed by atoms with van der Waals surface area (Å²) in [5.41, 5.74) is 0.865. The third kappa shape index (κ3) is 6.81. The average molecular weight is 278 g/mol. The van der Waals surface area contributed by atoms with Crippen molar-refractivity contribution in [2.75, 3.05) is 5.75 Å². The van der Waals surface area contributed by atoms with E-state index >= 15 is 0 Å². The molecule has 0 unspecified atom stereocenters. The van der Waals surface area contributed by atoms with Gasteiger partial charge in [0.1, 0.15) is 0 Å². The Kier molecular flexibility index (Phi) is 7.88. The fourth-order valence-electron chi connectivity index (χ4n) is 1.83. The van der Waals surface area contributed by atoms with Crippen LogP contribution in [0.25, 0.3) is 0 Å². The number of benzene rings is 1. The minimum Gasteiger partial charge on any atom is -0.294 e. The SMILES string of the molecule is CCCCCC(=O)c1ccc(SCCC(C)C)cc1. The molecule has 0 saturated heterocycles. The molecule has 2 heteroatoms. The van der Waals surface area contributed by atoms with Crippen LogP contribution in [-0.2, 0) is 0 Å². The molecule has 0 aliphatic rings. The molecule has 0 radical (unpaired) electrons. The third-order valence-electron chi connectivity index (χ3n) is 3.15. The summed E-state index contributed by atoms with van der Waals surface area (Å²) in [5, 5.41) is 0. The number of Topliss-reactive ketones (excluding diaryl/α,β-unsaturated/α-hetero) is 1. The number of carbonyl (C=O) groups is 1. The summed E-state index contributed by atoms with van der Waals surface area (Å²) in [4.78, 5) is 13.2. The van der Waals surface area contributed by atoms with E-state index < -0.39 is 0 Å². The van der Waals surface area contributed by atoms with E-state index in [0.29, 0.717) is 6.42 Å². The van der Waals surface area contributed by atoms with Gasteiger partial charge >= 0.3 is 0 Å². The lowest BCUT2D eigenvalue weighted by Crippen LogP contribution is -1.98. The van der Waals surface area contributed by atoms with Crippen LogP contribution in [0.15, 0.2) is 29.2 Å². The van der Waals surface area contributed by atoms with E-state index in [0.717, 1.165) is 30.1 Å². The van der Waals surface area contributed by atoms with Gasteiger partial charge < -0.3 is 0 Å². The van der Waals surface area contributed by atoms with Gasteiger partial charge in [-0.15, -0.1) is 11.8 Å². The smallest absolute Gasteiger partial charge is 0.162 e. The number of ketones is 1. The molecule has 0 fully saturated rings. The molecule has 0 aliphatic heterocycles. The summed E-state index contributed by atoms with van der Waals surface area (Å²) < 4.78 is 0. The average Bonchev–Trinajstić information content (AvgIpc) is 2.39. The fraction of sp³-hybridized carbons (Fsp3) is 0.588. The maximum absolute atomic E-state index is 11.9. The number of thioether (sulfide) groups is 1. The molecule has 1 rings (SSSR count). The Hall–Kier alpha value is -0.760. The summed E-state index contributed by atoms with van der Waals surface area (Å²) in [6.45, 7) is 6.66. The summed E-state index contributed by atoms with van der Waals surface area (Å²) in [7, 11) is 0. The van der Waals surface area contributed by atoms with E-state index in [2.05, 4.69) is 32.9 Å². The largest absolute Gasteiger partial charge is 0.294 e. The Balaban J connectivity index is 2.40. The first kappa shape index (κ1) is 16.3. The monoisotopic (exact) mass is 278 g/mol. The van der Waals surface area contributed by atoms with Gasteiger partial charge in [-0.25, -0.2) is 0 Å². The van der Waals surface area contributed by atoms with E-state index in [1.807, 2.05) is 23.9 Å². The van der Waals surface area contributed by atoms with Crippen molar-refractivity contribution in [2.45, 2.75) is 57.8 Å². The molecule has 0 amide bonds. The zero-order chi connectivity index (χ0) is 14.1. The molecule has 0 aromatic heterocycles. The van der Waals surface area contributed by atoms with Crippen molar-refractivity contribution in [1.29, 1.82) is 0 Å². The normalized spacial score (nSPS) is 10.9. The van der Waals surface area contributed by atoms with Crippen LogP contribution in [0.5, 0.6) is 0 Å². The zero-order valence-electron chi connectivity index (χ0n) is 12.4. The van der Waals surface area contributed by atoms with E-state index in [4.69, 9.17) is 0 Å². The van der Waals surface area contributed by atoms with Gasteiger partial charge in [0, 0.05) is 16.9 Å². The van der Waals surface area contributed by atoms with Crippen LogP contribution in [-0.4, -0.2) is 11.5 Å². The fourth-order valence-corrected chi connectivity index (χ4v) is 2.98. The Morgan fingerprint density at radius 3 is 2.42 bits per heavy atom. The molecule has 19 heavy (non-hydrogen) atoms. The Morgan fingerprint density at radius 2 is 1.84 bits per heavy atom. The predicted octanol–water partition coefficient (Wildman–Crippen LogP) is 5.59. The molecular weight excluding hydrogens is 252 g/mol. The van der Waals surface area contributed by atoms with Crippen molar-refractivity contribution < 1.29 is 4.79 Å². The van der Waals surface area contributed by atoms with Crippen LogP contribution < -0.4 is 0 Å². The van der Waals surface area contributed by atoms with Crippen LogP contribution in [0, 0.1) is 5.92 Å². The molecule has 0 heterocycles. The molecule has 0 atom stereocenters. The highest BCUT2D eigenvalue weighted by molar-refractivity contribution is 7.99. The van der Waals surface area contributed by atoms with Crippen molar-refractivity contribution in [3.05, 3.63) is 29.8 Å². The Bertz CT molecular complexity index is 367. The number of carbonyl (C=O) groups excluding carboxylic acids is 1. The van der Waals surface area contributed by atoms with Crippen LogP contribution >= 0.6 is 11.8 Å². The minimum atomic E-state index is 0.284.